The molecule has 3 heteroatoms. The van der Waals surface area contributed by atoms with Gasteiger partial charge in [-0.3, -0.25) is 9.97 Å². The monoisotopic (exact) mass is 363 g/mol. The van der Waals surface area contributed by atoms with Crippen molar-refractivity contribution in [2.24, 2.45) is 0 Å². The summed E-state index contributed by atoms with van der Waals surface area (Å²) >= 11 is 0. The topological polar surface area (TPSA) is 37.8 Å². The third kappa shape index (κ3) is 8.31. The smallest absolute Gasteiger partial charge is 0.0494 e. The normalized spacial score (nSPS) is 11.6. The first-order valence-electron chi connectivity index (χ1n) is 9.98. The lowest BCUT2D eigenvalue weighted by Crippen LogP contribution is -2.17. The predicted molar refractivity (Wildman–Crippen MR) is 115 cm³/mol. The minimum absolute atomic E-state index is 0.260. The van der Waals surface area contributed by atoms with Crippen LogP contribution in [-0.2, 0) is 0 Å². The van der Waals surface area contributed by atoms with E-state index in [9.17, 15) is 0 Å². The highest BCUT2D eigenvalue weighted by Gasteiger charge is 2.15. The molecule has 0 unspecified atom stereocenters. The van der Waals surface area contributed by atoms with Crippen LogP contribution in [0, 0.1) is 0 Å². The molecule has 1 N–H and O–H groups in total. The van der Waals surface area contributed by atoms with Gasteiger partial charge in [0.2, 0.25) is 0 Å². The number of rotatable bonds is 11. The number of allylic oxidation sites excluding steroid dienone is 3. The molecule has 27 heavy (non-hydrogen) atoms. The fourth-order valence-electron chi connectivity index (χ4n) is 3.08. The van der Waals surface area contributed by atoms with Gasteiger partial charge < -0.3 is 5.32 Å². The Kier molecular flexibility index (Phi) is 9.50. The molecule has 0 bridgehead atoms. The molecule has 2 heterocycles. The van der Waals surface area contributed by atoms with Gasteiger partial charge in [0, 0.05) is 36.2 Å². The predicted octanol–water partition coefficient (Wildman–Crippen LogP) is 5.67. The van der Waals surface area contributed by atoms with Crippen LogP contribution >= 0.6 is 0 Å². The van der Waals surface area contributed by atoms with Gasteiger partial charge in [-0.15, -0.1) is 0 Å². The van der Waals surface area contributed by atoms with E-state index < -0.39 is 0 Å². The first-order chi connectivity index (χ1) is 13.2. The van der Waals surface area contributed by atoms with E-state index in [4.69, 9.17) is 0 Å². The maximum Gasteiger partial charge on any atom is 0.0494 e. The Morgan fingerprint density at radius 3 is 2.19 bits per heavy atom. The summed E-state index contributed by atoms with van der Waals surface area (Å²) in [6, 6.07) is 12.2. The van der Waals surface area contributed by atoms with Gasteiger partial charge >= 0.3 is 0 Å². The Morgan fingerprint density at radius 2 is 1.63 bits per heavy atom. The summed E-state index contributed by atoms with van der Waals surface area (Å²) in [5.74, 6) is 0.260. The molecule has 0 saturated carbocycles. The fraction of sp³-hybridized carbons (Fsp3) is 0.417. The van der Waals surface area contributed by atoms with Crippen molar-refractivity contribution in [3.8, 4) is 0 Å². The number of nitrogens with zero attached hydrogens (tertiary/aromatic N) is 2. The van der Waals surface area contributed by atoms with Crippen molar-refractivity contribution in [2.45, 2.75) is 52.4 Å². The van der Waals surface area contributed by atoms with Crippen molar-refractivity contribution in [1.82, 2.24) is 15.3 Å². The van der Waals surface area contributed by atoms with E-state index in [0.717, 1.165) is 50.2 Å². The molecule has 0 aliphatic heterocycles. The summed E-state index contributed by atoms with van der Waals surface area (Å²) in [7, 11) is 0. The second-order valence-electron chi connectivity index (χ2n) is 7.28. The van der Waals surface area contributed by atoms with Gasteiger partial charge in [-0.2, -0.15) is 0 Å². The van der Waals surface area contributed by atoms with Crippen LogP contribution in [-0.4, -0.2) is 23.1 Å². The Hall–Kier alpha value is -2.26. The highest BCUT2D eigenvalue weighted by molar-refractivity contribution is 5.22. The first-order valence-corrected chi connectivity index (χ1v) is 9.98. The van der Waals surface area contributed by atoms with Gasteiger partial charge in [0.25, 0.3) is 0 Å². The molecule has 0 fully saturated rings. The van der Waals surface area contributed by atoms with Crippen molar-refractivity contribution in [1.29, 1.82) is 0 Å². The van der Waals surface area contributed by atoms with Crippen molar-refractivity contribution in [3.05, 3.63) is 83.5 Å². The van der Waals surface area contributed by atoms with Crippen LogP contribution < -0.4 is 5.32 Å². The maximum atomic E-state index is 4.56. The largest absolute Gasteiger partial charge is 0.313 e. The van der Waals surface area contributed by atoms with Gasteiger partial charge in [-0.05, 0) is 77.3 Å². The van der Waals surface area contributed by atoms with Gasteiger partial charge in [0.1, 0.15) is 0 Å². The lowest BCUT2D eigenvalue weighted by molar-refractivity contribution is 0.598. The van der Waals surface area contributed by atoms with E-state index in [1.54, 1.807) is 0 Å². The number of hydrogen-bond donors (Lipinski definition) is 1. The molecule has 0 aromatic carbocycles. The van der Waals surface area contributed by atoms with Gasteiger partial charge in [-0.1, -0.05) is 35.4 Å². The van der Waals surface area contributed by atoms with E-state index in [2.05, 4.69) is 72.5 Å². The third-order valence-corrected chi connectivity index (χ3v) is 4.62. The SMILES string of the molecule is CC(C)=CCC/C(C)=C/CNCCCC(c1ccccn1)c1ccccn1. The average Bonchev–Trinajstić information content (AvgIpc) is 2.68. The highest BCUT2D eigenvalue weighted by atomic mass is 14.8. The van der Waals surface area contributed by atoms with Crippen molar-refractivity contribution in [3.63, 3.8) is 0 Å². The van der Waals surface area contributed by atoms with Crippen LogP contribution in [0.3, 0.4) is 0 Å². The lowest BCUT2D eigenvalue weighted by atomic mass is 9.94. The van der Waals surface area contributed by atoms with Crippen molar-refractivity contribution < 1.29 is 0 Å². The molecule has 0 saturated heterocycles. The zero-order valence-corrected chi connectivity index (χ0v) is 17.0. The summed E-state index contributed by atoms with van der Waals surface area (Å²) in [6.45, 7) is 8.48. The Labute approximate surface area is 164 Å². The molecular formula is C24H33N3. The van der Waals surface area contributed by atoms with Crippen LogP contribution in [0.2, 0.25) is 0 Å². The average molecular weight is 364 g/mol. The summed E-state index contributed by atoms with van der Waals surface area (Å²) in [6.07, 6.45) is 12.8. The summed E-state index contributed by atoms with van der Waals surface area (Å²) in [4.78, 5) is 9.12. The zero-order chi connectivity index (χ0) is 19.3. The molecule has 0 aliphatic carbocycles. The number of pyridine rings is 2. The summed E-state index contributed by atoms with van der Waals surface area (Å²) in [5.41, 5.74) is 5.06. The second-order valence-corrected chi connectivity index (χ2v) is 7.28. The quantitative estimate of drug-likeness (QED) is 0.413. The molecule has 2 rings (SSSR count). The van der Waals surface area contributed by atoms with Crippen molar-refractivity contribution in [2.75, 3.05) is 13.1 Å². The standard InChI is InChI=1S/C24H33N3/c1-20(2)10-8-11-21(3)15-19-25-16-9-12-22(23-13-4-6-17-26-23)24-14-5-7-18-27-24/h4-7,10,13-15,17-18,22,25H,8-9,11-12,16,19H2,1-3H3/b21-15+. The number of hydrogen-bond acceptors (Lipinski definition) is 3. The molecule has 0 aliphatic rings. The van der Waals surface area contributed by atoms with Gasteiger partial charge in [0.05, 0.1) is 0 Å². The fourth-order valence-corrected chi connectivity index (χ4v) is 3.08. The molecule has 2 aromatic rings. The number of aromatic nitrogens is 2. The Bertz CT molecular complexity index is 661. The summed E-state index contributed by atoms with van der Waals surface area (Å²) in [5, 5.41) is 3.54. The van der Waals surface area contributed by atoms with Crippen molar-refractivity contribution >= 4 is 0 Å². The van der Waals surface area contributed by atoms with Gasteiger partial charge in [-0.25, -0.2) is 0 Å². The molecule has 3 nitrogen and oxygen atoms in total. The molecular weight excluding hydrogens is 330 g/mol. The van der Waals surface area contributed by atoms with Crippen LogP contribution in [0.1, 0.15) is 63.8 Å². The molecule has 0 atom stereocenters. The Balaban J connectivity index is 1.77. The van der Waals surface area contributed by atoms with Crippen LogP contribution in [0.25, 0.3) is 0 Å². The zero-order valence-electron chi connectivity index (χ0n) is 17.0. The molecule has 0 radical (unpaired) electrons. The Morgan fingerprint density at radius 1 is 0.963 bits per heavy atom. The van der Waals surface area contributed by atoms with E-state index in [1.807, 2.05) is 24.5 Å². The van der Waals surface area contributed by atoms with Crippen LogP contribution in [0.15, 0.2) is 72.1 Å². The highest BCUT2D eigenvalue weighted by Crippen LogP contribution is 2.25. The third-order valence-electron chi connectivity index (χ3n) is 4.62. The first kappa shape index (κ1) is 21.0. The molecule has 0 amide bonds. The van der Waals surface area contributed by atoms with E-state index in [0.29, 0.717) is 0 Å². The van der Waals surface area contributed by atoms with E-state index in [1.165, 1.54) is 11.1 Å². The summed E-state index contributed by atoms with van der Waals surface area (Å²) < 4.78 is 0. The minimum atomic E-state index is 0.260. The minimum Gasteiger partial charge on any atom is -0.313 e. The van der Waals surface area contributed by atoms with Gasteiger partial charge in [0.15, 0.2) is 0 Å². The van der Waals surface area contributed by atoms with E-state index >= 15 is 0 Å². The van der Waals surface area contributed by atoms with Crippen LogP contribution in [0.5, 0.6) is 0 Å². The molecule has 2 aromatic heterocycles. The van der Waals surface area contributed by atoms with Crippen LogP contribution in [0.4, 0.5) is 0 Å². The number of nitrogens with one attached hydrogen (secondary N) is 1. The van der Waals surface area contributed by atoms with E-state index in [-0.39, 0.29) is 5.92 Å². The molecule has 0 spiro atoms. The second kappa shape index (κ2) is 12.2. The maximum absolute atomic E-state index is 4.56. The molecule has 144 valence electrons. The lowest BCUT2D eigenvalue weighted by Gasteiger charge is -2.16.